The average Bonchev–Trinajstić information content (AvgIpc) is 3.14. The number of aromatic nitrogens is 2. The van der Waals surface area contributed by atoms with E-state index in [0.29, 0.717) is 0 Å². The van der Waals surface area contributed by atoms with E-state index in [-0.39, 0.29) is 0 Å². The van der Waals surface area contributed by atoms with Crippen molar-refractivity contribution in [2.24, 2.45) is 0 Å². The highest BCUT2D eigenvalue weighted by Gasteiger charge is 2.19. The fraction of sp³-hybridized carbons (Fsp3) is 0.0455. The number of aromatic amines is 1. The molecule has 0 bridgehead atoms. The van der Waals surface area contributed by atoms with Crippen LogP contribution in [0.5, 0.6) is 5.75 Å². The lowest BCUT2D eigenvalue weighted by Gasteiger charge is -2.09. The minimum atomic E-state index is 0.806. The van der Waals surface area contributed by atoms with Crippen molar-refractivity contribution in [3.8, 4) is 39.7 Å². The number of nitrogens with zero attached hydrogens (tertiary/aromatic N) is 1. The molecule has 3 aromatic carbocycles. The third kappa shape index (κ3) is 3.75. The molecule has 4 aromatic rings. The lowest BCUT2D eigenvalue weighted by atomic mass is 10.1. The molecule has 0 aliphatic carbocycles. The molecule has 1 heterocycles. The largest absolute Gasteiger partial charge is 0.495 e. The fourth-order valence-corrected chi connectivity index (χ4v) is 5.13. The summed E-state index contributed by atoms with van der Waals surface area (Å²) >= 11 is 4.63. The van der Waals surface area contributed by atoms with Crippen molar-refractivity contribution in [2.75, 3.05) is 7.11 Å². The molecular weight excluding hydrogens is 562 g/mol. The first-order valence-corrected chi connectivity index (χ1v) is 10.6. The van der Waals surface area contributed by atoms with Crippen LogP contribution in [0.1, 0.15) is 0 Å². The maximum absolute atomic E-state index is 5.68. The Kier molecular flexibility index (Phi) is 5.49. The summed E-state index contributed by atoms with van der Waals surface area (Å²) in [6, 6.07) is 24.8. The van der Waals surface area contributed by atoms with Gasteiger partial charge in [-0.05, 0) is 57.3 Å². The average molecular weight is 578 g/mol. The number of methoxy groups -OCH3 is 1. The quantitative estimate of drug-likeness (QED) is 0.277. The first kappa shape index (κ1) is 18.5. The van der Waals surface area contributed by atoms with E-state index in [2.05, 4.69) is 86.6 Å². The summed E-state index contributed by atoms with van der Waals surface area (Å²) in [5.74, 6) is 1.64. The Morgan fingerprint density at radius 3 is 2.11 bits per heavy atom. The van der Waals surface area contributed by atoms with Crippen LogP contribution in [0, 0.1) is 7.14 Å². The molecule has 0 radical (unpaired) electrons. The zero-order valence-electron chi connectivity index (χ0n) is 14.5. The summed E-state index contributed by atoms with van der Waals surface area (Å²) in [4.78, 5) is 8.52. The van der Waals surface area contributed by atoms with Crippen molar-refractivity contribution in [1.29, 1.82) is 0 Å². The highest BCUT2D eigenvalue weighted by Crippen LogP contribution is 2.38. The zero-order chi connectivity index (χ0) is 18.8. The molecule has 0 saturated carbocycles. The van der Waals surface area contributed by atoms with E-state index in [1.165, 1.54) is 0 Å². The predicted octanol–water partition coefficient (Wildman–Crippen LogP) is 6.63. The number of halogens is 2. The molecule has 0 unspecified atom stereocenters. The summed E-state index contributed by atoms with van der Waals surface area (Å²) in [6.07, 6.45) is 0. The van der Waals surface area contributed by atoms with Gasteiger partial charge in [0.1, 0.15) is 11.6 Å². The van der Waals surface area contributed by atoms with Crippen LogP contribution in [-0.2, 0) is 0 Å². The number of hydrogen-bond acceptors (Lipinski definition) is 2. The van der Waals surface area contributed by atoms with Gasteiger partial charge in [0.25, 0.3) is 0 Å². The van der Waals surface area contributed by atoms with E-state index in [4.69, 9.17) is 9.72 Å². The monoisotopic (exact) mass is 578 g/mol. The molecule has 0 aliphatic heterocycles. The van der Waals surface area contributed by atoms with Crippen molar-refractivity contribution < 1.29 is 4.74 Å². The van der Waals surface area contributed by atoms with Crippen molar-refractivity contribution in [1.82, 2.24) is 9.97 Å². The highest BCUT2D eigenvalue weighted by molar-refractivity contribution is 14.1. The Bertz CT molecular complexity index is 1020. The van der Waals surface area contributed by atoms with Crippen LogP contribution in [0.4, 0.5) is 0 Å². The first-order valence-electron chi connectivity index (χ1n) is 8.41. The minimum Gasteiger partial charge on any atom is -0.495 e. The van der Waals surface area contributed by atoms with Gasteiger partial charge >= 0.3 is 0 Å². The molecule has 0 saturated heterocycles. The molecule has 3 nitrogen and oxygen atoms in total. The maximum Gasteiger partial charge on any atom is 0.143 e. The fourth-order valence-electron chi connectivity index (χ4n) is 3.06. The van der Waals surface area contributed by atoms with Crippen LogP contribution in [0.2, 0.25) is 0 Å². The van der Waals surface area contributed by atoms with Gasteiger partial charge in [0.2, 0.25) is 0 Å². The van der Waals surface area contributed by atoms with Crippen molar-refractivity contribution in [3.63, 3.8) is 0 Å². The van der Waals surface area contributed by atoms with Crippen LogP contribution < -0.4 is 4.74 Å². The van der Waals surface area contributed by atoms with Gasteiger partial charge in [-0.3, -0.25) is 0 Å². The SMILES string of the molecule is COc1c(I)cc(I)cc1-c1nc(-c2ccccc2)c(-c2ccccc2)[nH]1. The summed E-state index contributed by atoms with van der Waals surface area (Å²) in [6.45, 7) is 0. The lowest BCUT2D eigenvalue weighted by Crippen LogP contribution is -1.94. The van der Waals surface area contributed by atoms with E-state index < -0.39 is 0 Å². The first-order chi connectivity index (χ1) is 13.2. The molecule has 1 N–H and O–H groups in total. The standard InChI is InChI=1S/C22H16I2N2O/c1-27-21-17(12-16(23)13-18(21)24)22-25-19(14-8-4-2-5-9-14)20(26-22)15-10-6-3-7-11-15/h2-13H,1H3,(H,25,26). The number of rotatable bonds is 4. The van der Waals surface area contributed by atoms with Gasteiger partial charge in [0, 0.05) is 14.7 Å². The third-order valence-corrected chi connectivity index (χ3v) is 5.71. The Hall–Kier alpha value is -1.87. The zero-order valence-corrected chi connectivity index (χ0v) is 18.9. The number of ether oxygens (including phenoxy) is 1. The summed E-state index contributed by atoms with van der Waals surface area (Å²) in [7, 11) is 1.70. The molecular formula is C22H16I2N2O. The molecule has 4 rings (SSSR count). The molecule has 0 amide bonds. The minimum absolute atomic E-state index is 0.806. The number of imidazole rings is 1. The molecule has 0 atom stereocenters. The normalized spacial score (nSPS) is 10.8. The molecule has 27 heavy (non-hydrogen) atoms. The second-order valence-corrected chi connectivity index (χ2v) is 8.42. The van der Waals surface area contributed by atoms with Gasteiger partial charge in [-0.2, -0.15) is 0 Å². The second kappa shape index (κ2) is 8.02. The van der Waals surface area contributed by atoms with E-state index in [1.807, 2.05) is 36.4 Å². The van der Waals surface area contributed by atoms with Crippen molar-refractivity contribution >= 4 is 45.2 Å². The Balaban J connectivity index is 1.96. The summed E-state index contributed by atoms with van der Waals surface area (Å²) < 4.78 is 7.89. The van der Waals surface area contributed by atoms with Crippen LogP contribution >= 0.6 is 45.2 Å². The predicted molar refractivity (Wildman–Crippen MR) is 127 cm³/mol. The van der Waals surface area contributed by atoms with E-state index >= 15 is 0 Å². The highest BCUT2D eigenvalue weighted by atomic mass is 127. The van der Waals surface area contributed by atoms with E-state index in [0.717, 1.165) is 46.8 Å². The Morgan fingerprint density at radius 2 is 1.48 bits per heavy atom. The summed E-state index contributed by atoms with van der Waals surface area (Å²) in [5.41, 5.74) is 5.10. The van der Waals surface area contributed by atoms with E-state index in [1.54, 1.807) is 7.11 Å². The molecule has 0 spiro atoms. The number of hydrogen-bond donors (Lipinski definition) is 1. The Labute approximate surface area is 185 Å². The summed E-state index contributed by atoms with van der Waals surface area (Å²) in [5, 5.41) is 0. The number of H-pyrrole nitrogens is 1. The number of nitrogens with one attached hydrogen (secondary N) is 1. The molecule has 0 fully saturated rings. The molecule has 0 aliphatic rings. The van der Waals surface area contributed by atoms with Gasteiger partial charge in [-0.25, -0.2) is 4.98 Å². The second-order valence-electron chi connectivity index (χ2n) is 6.01. The van der Waals surface area contributed by atoms with Gasteiger partial charge in [-0.15, -0.1) is 0 Å². The molecule has 5 heteroatoms. The van der Waals surface area contributed by atoms with Crippen LogP contribution in [-0.4, -0.2) is 17.1 Å². The smallest absolute Gasteiger partial charge is 0.143 e. The van der Waals surface area contributed by atoms with E-state index in [9.17, 15) is 0 Å². The Morgan fingerprint density at radius 1 is 0.852 bits per heavy atom. The lowest BCUT2D eigenvalue weighted by molar-refractivity contribution is 0.413. The topological polar surface area (TPSA) is 37.9 Å². The van der Waals surface area contributed by atoms with Gasteiger partial charge in [0.05, 0.1) is 27.6 Å². The third-order valence-electron chi connectivity index (χ3n) is 4.28. The van der Waals surface area contributed by atoms with Gasteiger partial charge < -0.3 is 9.72 Å². The van der Waals surface area contributed by atoms with Crippen LogP contribution in [0.15, 0.2) is 72.8 Å². The molecule has 134 valence electrons. The van der Waals surface area contributed by atoms with Crippen LogP contribution in [0.25, 0.3) is 33.9 Å². The van der Waals surface area contributed by atoms with Crippen LogP contribution in [0.3, 0.4) is 0 Å². The van der Waals surface area contributed by atoms with Gasteiger partial charge in [0.15, 0.2) is 0 Å². The molecule has 1 aromatic heterocycles. The van der Waals surface area contributed by atoms with Gasteiger partial charge in [-0.1, -0.05) is 60.7 Å². The maximum atomic E-state index is 5.68. The van der Waals surface area contributed by atoms with Crippen molar-refractivity contribution in [2.45, 2.75) is 0 Å². The number of benzene rings is 3. The van der Waals surface area contributed by atoms with Crippen molar-refractivity contribution in [3.05, 3.63) is 79.9 Å².